The van der Waals surface area contributed by atoms with E-state index in [1.165, 1.54) is 0 Å². The summed E-state index contributed by atoms with van der Waals surface area (Å²) >= 11 is 3.51. The molecular formula is C13H18BrN5. The summed E-state index contributed by atoms with van der Waals surface area (Å²) in [7, 11) is 0. The molecule has 0 radical (unpaired) electrons. The van der Waals surface area contributed by atoms with Gasteiger partial charge in [0.05, 0.1) is 15.9 Å². The predicted octanol–water partition coefficient (Wildman–Crippen LogP) is 2.90. The number of nitrogens with two attached hydrogens (primary N) is 1. The standard InChI is InChI=1S/C13H18BrN5/c1-8-5-6-10(17-16-8)19-12(15)11(14)9(18-19)7-13(2,3)4/h5-6H,7,15H2,1-4H3. The maximum absolute atomic E-state index is 6.08. The third-order valence-electron chi connectivity index (χ3n) is 2.63. The van der Waals surface area contributed by atoms with E-state index in [2.05, 4.69) is 52.0 Å². The van der Waals surface area contributed by atoms with Crippen LogP contribution < -0.4 is 5.73 Å². The molecule has 0 amide bonds. The zero-order valence-corrected chi connectivity index (χ0v) is 13.2. The highest BCUT2D eigenvalue weighted by Gasteiger charge is 2.20. The van der Waals surface area contributed by atoms with Crippen LogP contribution in [0, 0.1) is 12.3 Å². The molecule has 0 saturated heterocycles. The zero-order valence-electron chi connectivity index (χ0n) is 11.6. The van der Waals surface area contributed by atoms with Crippen LogP contribution in [0.1, 0.15) is 32.2 Å². The molecule has 2 N–H and O–H groups in total. The van der Waals surface area contributed by atoms with Crippen LogP contribution in [0.25, 0.3) is 5.82 Å². The average Bonchev–Trinajstić information content (AvgIpc) is 2.57. The molecule has 0 aliphatic heterocycles. The first-order valence-electron chi connectivity index (χ1n) is 6.11. The van der Waals surface area contributed by atoms with Crippen molar-refractivity contribution in [1.82, 2.24) is 20.0 Å². The van der Waals surface area contributed by atoms with Crippen LogP contribution in [0.2, 0.25) is 0 Å². The van der Waals surface area contributed by atoms with Gasteiger partial charge < -0.3 is 5.73 Å². The summed E-state index contributed by atoms with van der Waals surface area (Å²) in [5, 5.41) is 12.7. The van der Waals surface area contributed by atoms with E-state index in [1.807, 2.05) is 19.1 Å². The number of anilines is 1. The minimum Gasteiger partial charge on any atom is -0.383 e. The van der Waals surface area contributed by atoms with Gasteiger partial charge in [-0.2, -0.15) is 14.9 Å². The number of nitrogens with zero attached hydrogens (tertiary/aromatic N) is 4. The molecule has 0 aliphatic carbocycles. The second kappa shape index (κ2) is 4.92. The van der Waals surface area contributed by atoms with Gasteiger partial charge in [0.25, 0.3) is 0 Å². The molecule has 5 nitrogen and oxygen atoms in total. The van der Waals surface area contributed by atoms with Crippen molar-refractivity contribution in [2.24, 2.45) is 5.41 Å². The number of nitrogen functional groups attached to an aromatic ring is 1. The Labute approximate surface area is 121 Å². The van der Waals surface area contributed by atoms with E-state index in [0.29, 0.717) is 11.6 Å². The summed E-state index contributed by atoms with van der Waals surface area (Å²) in [5.41, 5.74) is 8.03. The molecule has 102 valence electrons. The quantitative estimate of drug-likeness (QED) is 0.922. The van der Waals surface area contributed by atoms with Gasteiger partial charge in [-0.15, -0.1) is 5.10 Å². The molecule has 0 fully saturated rings. The SMILES string of the molecule is Cc1ccc(-n2nc(CC(C)(C)C)c(Br)c2N)nn1. The van der Waals surface area contributed by atoms with Crippen LogP contribution in [0.15, 0.2) is 16.6 Å². The van der Waals surface area contributed by atoms with E-state index in [-0.39, 0.29) is 5.41 Å². The highest BCUT2D eigenvalue weighted by Crippen LogP contribution is 2.30. The summed E-state index contributed by atoms with van der Waals surface area (Å²) in [5.74, 6) is 1.18. The molecule has 6 heteroatoms. The fourth-order valence-electron chi connectivity index (χ4n) is 1.75. The van der Waals surface area contributed by atoms with Crippen LogP contribution in [-0.2, 0) is 6.42 Å². The highest BCUT2D eigenvalue weighted by atomic mass is 79.9. The van der Waals surface area contributed by atoms with Crippen molar-refractivity contribution in [3.05, 3.63) is 28.0 Å². The smallest absolute Gasteiger partial charge is 0.178 e. The number of hydrogen-bond acceptors (Lipinski definition) is 4. The normalized spacial score (nSPS) is 11.8. The Bertz CT molecular complexity index is 580. The number of rotatable bonds is 2. The second-order valence-electron chi connectivity index (χ2n) is 5.83. The summed E-state index contributed by atoms with van der Waals surface area (Å²) in [6.45, 7) is 8.39. The van der Waals surface area contributed by atoms with Crippen molar-refractivity contribution < 1.29 is 0 Å². The van der Waals surface area contributed by atoms with E-state index in [0.717, 1.165) is 22.3 Å². The minimum absolute atomic E-state index is 0.146. The molecule has 2 aromatic heterocycles. The van der Waals surface area contributed by atoms with Gasteiger partial charge in [0, 0.05) is 0 Å². The van der Waals surface area contributed by atoms with Crippen LogP contribution in [0.4, 0.5) is 5.82 Å². The van der Waals surface area contributed by atoms with Gasteiger partial charge >= 0.3 is 0 Å². The molecule has 2 aromatic rings. The van der Waals surface area contributed by atoms with Crippen molar-refractivity contribution in [3.63, 3.8) is 0 Å². The second-order valence-corrected chi connectivity index (χ2v) is 6.62. The molecule has 19 heavy (non-hydrogen) atoms. The van der Waals surface area contributed by atoms with Gasteiger partial charge in [-0.1, -0.05) is 20.8 Å². The molecule has 2 rings (SSSR count). The summed E-state index contributed by atoms with van der Waals surface area (Å²) in [4.78, 5) is 0. The molecule has 0 unspecified atom stereocenters. The third kappa shape index (κ3) is 3.12. The summed E-state index contributed by atoms with van der Waals surface area (Å²) < 4.78 is 2.46. The van der Waals surface area contributed by atoms with Gasteiger partial charge in [0.1, 0.15) is 5.82 Å². The first-order valence-corrected chi connectivity index (χ1v) is 6.91. The molecule has 0 bridgehead atoms. The van der Waals surface area contributed by atoms with Gasteiger partial charge in [-0.05, 0) is 46.8 Å². The van der Waals surface area contributed by atoms with E-state index >= 15 is 0 Å². The van der Waals surface area contributed by atoms with Crippen LogP contribution in [0.5, 0.6) is 0 Å². The Kier molecular flexibility index (Phi) is 3.62. The highest BCUT2D eigenvalue weighted by molar-refractivity contribution is 9.10. The van der Waals surface area contributed by atoms with Crippen molar-refractivity contribution in [1.29, 1.82) is 0 Å². The maximum atomic E-state index is 6.08. The van der Waals surface area contributed by atoms with Crippen molar-refractivity contribution in [2.45, 2.75) is 34.1 Å². The van der Waals surface area contributed by atoms with Gasteiger partial charge in [-0.25, -0.2) is 0 Å². The van der Waals surface area contributed by atoms with Crippen LogP contribution in [0.3, 0.4) is 0 Å². The molecule has 0 spiro atoms. The first kappa shape index (κ1) is 14.0. The predicted molar refractivity (Wildman–Crippen MR) is 79.2 cm³/mol. The van der Waals surface area contributed by atoms with Gasteiger partial charge in [-0.3, -0.25) is 0 Å². The van der Waals surface area contributed by atoms with Gasteiger partial charge in [0.2, 0.25) is 0 Å². The Morgan fingerprint density at radius 3 is 2.47 bits per heavy atom. The van der Waals surface area contributed by atoms with E-state index in [1.54, 1.807) is 4.68 Å². The Morgan fingerprint density at radius 1 is 1.26 bits per heavy atom. The number of halogens is 1. The fraction of sp³-hybridized carbons (Fsp3) is 0.462. The molecule has 0 saturated carbocycles. The van der Waals surface area contributed by atoms with E-state index < -0.39 is 0 Å². The Balaban J connectivity index is 2.43. The molecule has 0 aromatic carbocycles. The summed E-state index contributed by atoms with van der Waals surface area (Å²) in [6.07, 6.45) is 0.837. The zero-order chi connectivity index (χ0) is 14.2. The minimum atomic E-state index is 0.146. The molecule has 0 atom stereocenters. The lowest BCUT2D eigenvalue weighted by molar-refractivity contribution is 0.404. The summed E-state index contributed by atoms with van der Waals surface area (Å²) in [6, 6.07) is 3.75. The van der Waals surface area contributed by atoms with Crippen molar-refractivity contribution in [2.75, 3.05) is 5.73 Å². The lowest BCUT2D eigenvalue weighted by Crippen LogP contribution is -2.10. The van der Waals surface area contributed by atoms with Gasteiger partial charge in [0.15, 0.2) is 5.82 Å². The number of hydrogen-bond donors (Lipinski definition) is 1. The number of aryl methyl sites for hydroxylation is 1. The van der Waals surface area contributed by atoms with E-state index in [4.69, 9.17) is 5.73 Å². The Hall–Kier alpha value is -1.43. The van der Waals surface area contributed by atoms with E-state index in [9.17, 15) is 0 Å². The van der Waals surface area contributed by atoms with Crippen LogP contribution >= 0.6 is 15.9 Å². The van der Waals surface area contributed by atoms with Crippen molar-refractivity contribution in [3.8, 4) is 5.82 Å². The molecule has 2 heterocycles. The largest absolute Gasteiger partial charge is 0.383 e. The first-order chi connectivity index (χ1) is 8.78. The number of aromatic nitrogens is 4. The Morgan fingerprint density at radius 2 is 1.95 bits per heavy atom. The monoisotopic (exact) mass is 323 g/mol. The van der Waals surface area contributed by atoms with Crippen molar-refractivity contribution >= 4 is 21.7 Å². The lowest BCUT2D eigenvalue weighted by Gasteiger charge is -2.16. The molecular weight excluding hydrogens is 306 g/mol. The maximum Gasteiger partial charge on any atom is 0.178 e. The fourth-order valence-corrected chi connectivity index (χ4v) is 2.14. The third-order valence-corrected chi connectivity index (χ3v) is 3.49. The lowest BCUT2D eigenvalue weighted by atomic mass is 9.91. The average molecular weight is 324 g/mol. The molecule has 0 aliphatic rings. The topological polar surface area (TPSA) is 69.6 Å². The van der Waals surface area contributed by atoms with Crippen LogP contribution in [-0.4, -0.2) is 20.0 Å².